The van der Waals surface area contributed by atoms with Gasteiger partial charge in [-0.25, -0.2) is 0 Å². The molecule has 4 heteroatoms. The van der Waals surface area contributed by atoms with Crippen LogP contribution >= 0.6 is 0 Å². The number of fused-ring (bicyclic) bond motifs is 1. The molecule has 4 nitrogen and oxygen atoms in total. The van der Waals surface area contributed by atoms with Gasteiger partial charge in [0.05, 0.1) is 18.7 Å². The van der Waals surface area contributed by atoms with Gasteiger partial charge in [-0.3, -0.25) is 4.79 Å². The van der Waals surface area contributed by atoms with E-state index in [1.165, 1.54) is 25.7 Å². The smallest absolute Gasteiger partial charge is 0.234 e. The molecule has 1 saturated carbocycles. The van der Waals surface area contributed by atoms with Gasteiger partial charge in [0.1, 0.15) is 0 Å². The zero-order valence-electron chi connectivity index (χ0n) is 11.6. The first-order valence-electron chi connectivity index (χ1n) is 7.52. The quantitative estimate of drug-likeness (QED) is 0.775. The van der Waals surface area contributed by atoms with Crippen LogP contribution in [0.4, 0.5) is 0 Å². The number of benzene rings is 1. The van der Waals surface area contributed by atoms with Gasteiger partial charge < -0.3 is 15.7 Å². The Morgan fingerprint density at radius 3 is 2.80 bits per heavy atom. The lowest BCUT2D eigenvalue weighted by Crippen LogP contribution is -2.41. The molecule has 1 aromatic carbocycles. The van der Waals surface area contributed by atoms with Gasteiger partial charge in [0.15, 0.2) is 0 Å². The summed E-state index contributed by atoms with van der Waals surface area (Å²) in [5.74, 6) is -0.0300. The second kappa shape index (κ2) is 5.94. The standard InChI is InChI=1S/C16H22N2O2/c19-14-9-11-5-1-4-8-13(11)16(14)18-15(20)10-17-12-6-2-3-7-12/h1,4-5,8,12,14,16-17,19H,2-3,6-7,9-10H2,(H,18,20)/t14-,16+/m0/s1. The molecule has 0 aromatic heterocycles. The summed E-state index contributed by atoms with van der Waals surface area (Å²) in [5.41, 5.74) is 2.18. The van der Waals surface area contributed by atoms with E-state index in [0.717, 1.165) is 11.1 Å². The van der Waals surface area contributed by atoms with Gasteiger partial charge in [0.25, 0.3) is 0 Å². The first-order chi connectivity index (χ1) is 9.74. The minimum Gasteiger partial charge on any atom is -0.390 e. The van der Waals surface area contributed by atoms with Gasteiger partial charge in [0, 0.05) is 12.5 Å². The molecule has 0 aliphatic heterocycles. The van der Waals surface area contributed by atoms with E-state index in [-0.39, 0.29) is 11.9 Å². The minimum absolute atomic E-state index is 0.0300. The molecule has 0 saturated heterocycles. The summed E-state index contributed by atoms with van der Waals surface area (Å²) in [6.07, 6.45) is 4.96. The van der Waals surface area contributed by atoms with E-state index in [2.05, 4.69) is 10.6 Å². The molecule has 2 aliphatic rings. The van der Waals surface area contributed by atoms with Crippen molar-refractivity contribution in [2.75, 3.05) is 6.54 Å². The van der Waals surface area contributed by atoms with Crippen LogP contribution in [0.15, 0.2) is 24.3 Å². The fraction of sp³-hybridized carbons (Fsp3) is 0.562. The average Bonchev–Trinajstić information content (AvgIpc) is 3.06. The lowest BCUT2D eigenvalue weighted by Gasteiger charge is -2.19. The Hall–Kier alpha value is -1.39. The predicted molar refractivity (Wildman–Crippen MR) is 77.3 cm³/mol. The van der Waals surface area contributed by atoms with Crippen molar-refractivity contribution in [3.05, 3.63) is 35.4 Å². The Kier molecular flexibility index (Phi) is 4.03. The monoisotopic (exact) mass is 274 g/mol. The molecule has 3 rings (SSSR count). The van der Waals surface area contributed by atoms with E-state index < -0.39 is 6.10 Å². The summed E-state index contributed by atoms with van der Waals surface area (Å²) in [7, 11) is 0. The number of rotatable bonds is 4. The van der Waals surface area contributed by atoms with Crippen LogP contribution in [0.5, 0.6) is 0 Å². The van der Waals surface area contributed by atoms with Gasteiger partial charge in [0.2, 0.25) is 5.91 Å². The van der Waals surface area contributed by atoms with Crippen LogP contribution in [-0.4, -0.2) is 29.7 Å². The molecule has 3 N–H and O–H groups in total. The maximum Gasteiger partial charge on any atom is 0.234 e. The Labute approximate surface area is 119 Å². The second-order valence-electron chi connectivity index (χ2n) is 5.88. The van der Waals surface area contributed by atoms with Gasteiger partial charge >= 0.3 is 0 Å². The van der Waals surface area contributed by atoms with Crippen molar-refractivity contribution in [1.82, 2.24) is 10.6 Å². The summed E-state index contributed by atoms with van der Waals surface area (Å²) in [4.78, 5) is 12.0. The van der Waals surface area contributed by atoms with Crippen LogP contribution in [0.2, 0.25) is 0 Å². The zero-order chi connectivity index (χ0) is 13.9. The molecule has 0 radical (unpaired) electrons. The highest BCUT2D eigenvalue weighted by molar-refractivity contribution is 5.78. The third-order valence-electron chi connectivity index (χ3n) is 4.43. The Morgan fingerprint density at radius 1 is 1.25 bits per heavy atom. The fourth-order valence-corrected chi connectivity index (χ4v) is 3.34. The van der Waals surface area contributed by atoms with Crippen LogP contribution < -0.4 is 10.6 Å². The fourth-order valence-electron chi connectivity index (χ4n) is 3.34. The molecule has 0 spiro atoms. The average molecular weight is 274 g/mol. The maximum atomic E-state index is 12.0. The second-order valence-corrected chi connectivity index (χ2v) is 5.88. The number of hydrogen-bond donors (Lipinski definition) is 3. The summed E-state index contributed by atoms with van der Waals surface area (Å²) in [6, 6.07) is 8.15. The van der Waals surface area contributed by atoms with Gasteiger partial charge in [-0.15, -0.1) is 0 Å². The summed E-state index contributed by atoms with van der Waals surface area (Å²) in [6.45, 7) is 0.343. The van der Waals surface area contributed by atoms with Gasteiger partial charge in [-0.2, -0.15) is 0 Å². The van der Waals surface area contributed by atoms with Crippen LogP contribution in [0, 0.1) is 0 Å². The lowest BCUT2D eigenvalue weighted by atomic mass is 10.1. The van der Waals surface area contributed by atoms with Crippen molar-refractivity contribution < 1.29 is 9.90 Å². The number of aliphatic hydroxyl groups excluding tert-OH is 1. The first kappa shape index (κ1) is 13.6. The highest BCUT2D eigenvalue weighted by Crippen LogP contribution is 2.31. The Morgan fingerprint density at radius 2 is 2.00 bits per heavy atom. The van der Waals surface area contributed by atoms with Crippen LogP contribution in [0.1, 0.15) is 42.9 Å². The molecule has 2 aliphatic carbocycles. The topological polar surface area (TPSA) is 61.4 Å². The predicted octanol–water partition coefficient (Wildman–Crippen LogP) is 1.29. The number of carbonyl (C=O) groups excluding carboxylic acids is 1. The summed E-state index contributed by atoms with van der Waals surface area (Å²) < 4.78 is 0. The molecule has 20 heavy (non-hydrogen) atoms. The molecular formula is C16H22N2O2. The van der Waals surface area contributed by atoms with E-state index in [1.54, 1.807) is 0 Å². The first-order valence-corrected chi connectivity index (χ1v) is 7.52. The Bertz CT molecular complexity index is 483. The minimum atomic E-state index is -0.511. The van der Waals surface area contributed by atoms with Crippen molar-refractivity contribution in [2.45, 2.75) is 50.3 Å². The van der Waals surface area contributed by atoms with Crippen molar-refractivity contribution in [2.24, 2.45) is 0 Å². The van der Waals surface area contributed by atoms with Crippen LogP contribution in [0.3, 0.4) is 0 Å². The molecular weight excluding hydrogens is 252 g/mol. The highest BCUT2D eigenvalue weighted by Gasteiger charge is 2.31. The molecule has 0 heterocycles. The SMILES string of the molecule is O=C(CNC1CCCC1)N[C@@H]1c2ccccc2C[C@@H]1O. The number of aliphatic hydroxyl groups is 1. The van der Waals surface area contributed by atoms with E-state index in [9.17, 15) is 9.90 Å². The van der Waals surface area contributed by atoms with E-state index >= 15 is 0 Å². The molecule has 1 aromatic rings. The van der Waals surface area contributed by atoms with Crippen LogP contribution in [-0.2, 0) is 11.2 Å². The largest absolute Gasteiger partial charge is 0.390 e. The summed E-state index contributed by atoms with van der Waals surface area (Å²) >= 11 is 0. The number of nitrogens with one attached hydrogen (secondary N) is 2. The highest BCUT2D eigenvalue weighted by atomic mass is 16.3. The molecule has 108 valence electrons. The van der Waals surface area contributed by atoms with E-state index in [1.807, 2.05) is 24.3 Å². The molecule has 1 fully saturated rings. The number of amides is 1. The number of hydrogen-bond acceptors (Lipinski definition) is 3. The maximum absolute atomic E-state index is 12.0. The number of carbonyl (C=O) groups is 1. The van der Waals surface area contributed by atoms with Gasteiger partial charge in [-0.1, -0.05) is 37.1 Å². The van der Waals surface area contributed by atoms with Gasteiger partial charge in [-0.05, 0) is 24.0 Å². The third-order valence-corrected chi connectivity index (χ3v) is 4.43. The van der Waals surface area contributed by atoms with Crippen molar-refractivity contribution in [1.29, 1.82) is 0 Å². The van der Waals surface area contributed by atoms with Crippen LogP contribution in [0.25, 0.3) is 0 Å². The molecule has 0 bridgehead atoms. The molecule has 1 amide bonds. The van der Waals surface area contributed by atoms with E-state index in [4.69, 9.17) is 0 Å². The normalized spacial score (nSPS) is 25.6. The Balaban J connectivity index is 1.55. The third kappa shape index (κ3) is 2.86. The lowest BCUT2D eigenvalue weighted by molar-refractivity contribution is -0.121. The van der Waals surface area contributed by atoms with Crippen molar-refractivity contribution >= 4 is 5.91 Å². The van der Waals surface area contributed by atoms with Crippen molar-refractivity contribution in [3.63, 3.8) is 0 Å². The summed E-state index contributed by atoms with van der Waals surface area (Å²) in [5, 5.41) is 16.4. The van der Waals surface area contributed by atoms with E-state index in [0.29, 0.717) is 19.0 Å². The zero-order valence-corrected chi connectivity index (χ0v) is 11.6. The van der Waals surface area contributed by atoms with Crippen molar-refractivity contribution in [3.8, 4) is 0 Å². The molecule has 2 atom stereocenters. The molecule has 0 unspecified atom stereocenters.